The van der Waals surface area contributed by atoms with Crippen LogP contribution in [0.15, 0.2) is 42.0 Å². The van der Waals surface area contributed by atoms with E-state index in [0.29, 0.717) is 16.9 Å². The Bertz CT molecular complexity index is 1090. The highest BCUT2D eigenvalue weighted by molar-refractivity contribution is 6.46. The van der Waals surface area contributed by atoms with Crippen molar-refractivity contribution in [2.75, 3.05) is 7.11 Å². The van der Waals surface area contributed by atoms with E-state index in [4.69, 9.17) is 27.9 Å². The molecule has 4 rings (SSSR count). The fourth-order valence-electron chi connectivity index (χ4n) is 4.40. The van der Waals surface area contributed by atoms with Crippen molar-refractivity contribution < 1.29 is 24.5 Å². The molecule has 1 unspecified atom stereocenters. The number of benzene rings is 2. The van der Waals surface area contributed by atoms with Crippen molar-refractivity contribution in [1.82, 2.24) is 4.90 Å². The number of carbonyl (C=O) groups is 2. The van der Waals surface area contributed by atoms with E-state index in [1.165, 1.54) is 25.3 Å². The second-order valence-corrected chi connectivity index (χ2v) is 8.52. The molecule has 0 spiro atoms. The van der Waals surface area contributed by atoms with Gasteiger partial charge < -0.3 is 19.8 Å². The molecule has 162 valence electrons. The largest absolute Gasteiger partial charge is 0.507 e. The molecular formula is C23H21Cl2NO5. The maximum atomic E-state index is 13.1. The average molecular weight is 462 g/mol. The Balaban J connectivity index is 1.90. The third-order valence-corrected chi connectivity index (χ3v) is 6.51. The number of aliphatic hydroxyl groups excluding tert-OH is 1. The molecule has 0 radical (unpaired) electrons. The molecule has 1 atom stereocenters. The summed E-state index contributed by atoms with van der Waals surface area (Å²) in [4.78, 5) is 27.7. The predicted octanol–water partition coefficient (Wildman–Crippen LogP) is 5.07. The lowest BCUT2D eigenvalue weighted by Crippen LogP contribution is -2.37. The van der Waals surface area contributed by atoms with Gasteiger partial charge in [0.05, 0.1) is 28.8 Å². The lowest BCUT2D eigenvalue weighted by atomic mass is 9.94. The highest BCUT2D eigenvalue weighted by atomic mass is 35.5. The SMILES string of the molecule is COc1ccc(/C(O)=C2/C(=O)C(=O)N(C3CCCC3)C2c2ccc(O)c(Cl)c2)cc1Cl. The number of rotatable bonds is 4. The van der Waals surface area contributed by atoms with E-state index in [2.05, 4.69) is 0 Å². The van der Waals surface area contributed by atoms with Crippen LogP contribution in [0, 0.1) is 0 Å². The standard InChI is InChI=1S/C23H21Cl2NO5/c1-31-18-9-7-13(11-16(18)25)21(28)19-20(12-6-8-17(27)15(24)10-12)26(23(30)22(19)29)14-4-2-3-5-14/h6-11,14,20,27-28H,2-5H2,1H3/b21-19-. The van der Waals surface area contributed by atoms with Crippen molar-refractivity contribution >= 4 is 40.7 Å². The number of hydrogen-bond donors (Lipinski definition) is 2. The summed E-state index contributed by atoms with van der Waals surface area (Å²) in [6.07, 6.45) is 3.49. The van der Waals surface area contributed by atoms with Crippen LogP contribution in [0.1, 0.15) is 42.9 Å². The van der Waals surface area contributed by atoms with Gasteiger partial charge in [0.15, 0.2) is 0 Å². The van der Waals surface area contributed by atoms with Crippen LogP contribution >= 0.6 is 23.2 Å². The molecule has 0 aromatic heterocycles. The number of carbonyl (C=O) groups excluding carboxylic acids is 2. The summed E-state index contributed by atoms with van der Waals surface area (Å²) in [5.41, 5.74) is 0.806. The Morgan fingerprint density at radius 3 is 2.39 bits per heavy atom. The number of halogens is 2. The molecule has 0 bridgehead atoms. The fourth-order valence-corrected chi connectivity index (χ4v) is 4.85. The Kier molecular flexibility index (Phi) is 5.86. The highest BCUT2D eigenvalue weighted by Crippen LogP contribution is 2.45. The van der Waals surface area contributed by atoms with E-state index in [1.54, 1.807) is 23.1 Å². The van der Waals surface area contributed by atoms with Gasteiger partial charge in [-0.25, -0.2) is 0 Å². The van der Waals surface area contributed by atoms with Gasteiger partial charge in [-0.15, -0.1) is 0 Å². The van der Waals surface area contributed by atoms with E-state index in [9.17, 15) is 19.8 Å². The maximum absolute atomic E-state index is 13.1. The minimum atomic E-state index is -0.818. The average Bonchev–Trinajstić information content (AvgIpc) is 3.36. The molecule has 2 N–H and O–H groups in total. The lowest BCUT2D eigenvalue weighted by molar-refractivity contribution is -0.141. The molecule has 1 aliphatic heterocycles. The van der Waals surface area contributed by atoms with Crippen molar-refractivity contribution in [2.45, 2.75) is 37.8 Å². The minimum absolute atomic E-state index is 0.0279. The zero-order chi connectivity index (χ0) is 22.3. The Hall–Kier alpha value is -2.70. The molecule has 1 heterocycles. The number of likely N-dealkylation sites (tertiary alicyclic amines) is 1. The molecule has 1 aliphatic carbocycles. The third-order valence-electron chi connectivity index (χ3n) is 5.91. The van der Waals surface area contributed by atoms with Crippen LogP contribution in [0.2, 0.25) is 10.0 Å². The van der Waals surface area contributed by atoms with Gasteiger partial charge in [-0.05, 0) is 48.7 Å². The second-order valence-electron chi connectivity index (χ2n) is 7.70. The monoisotopic (exact) mass is 461 g/mol. The van der Waals surface area contributed by atoms with Gasteiger partial charge in [-0.3, -0.25) is 9.59 Å². The van der Waals surface area contributed by atoms with Crippen LogP contribution in [0.5, 0.6) is 11.5 Å². The topological polar surface area (TPSA) is 87.1 Å². The zero-order valence-corrected chi connectivity index (χ0v) is 18.3. The van der Waals surface area contributed by atoms with Gasteiger partial charge in [-0.1, -0.05) is 42.1 Å². The number of amides is 1. The first-order valence-electron chi connectivity index (χ1n) is 9.96. The normalized spacial score (nSPS) is 21.1. The molecule has 8 heteroatoms. The van der Waals surface area contributed by atoms with Crippen molar-refractivity contribution in [2.24, 2.45) is 0 Å². The van der Waals surface area contributed by atoms with Crippen molar-refractivity contribution in [3.63, 3.8) is 0 Å². The summed E-state index contributed by atoms with van der Waals surface area (Å²) < 4.78 is 5.15. The van der Waals surface area contributed by atoms with Gasteiger partial charge in [0.2, 0.25) is 0 Å². The summed E-state index contributed by atoms with van der Waals surface area (Å²) in [7, 11) is 1.47. The Morgan fingerprint density at radius 2 is 1.77 bits per heavy atom. The molecule has 1 saturated carbocycles. The van der Waals surface area contributed by atoms with Gasteiger partial charge in [0.1, 0.15) is 17.3 Å². The molecule has 31 heavy (non-hydrogen) atoms. The smallest absolute Gasteiger partial charge is 0.295 e. The van der Waals surface area contributed by atoms with Crippen LogP contribution in [0.25, 0.3) is 5.76 Å². The number of phenols is 1. The quantitative estimate of drug-likeness (QED) is 0.376. The number of ether oxygens (including phenoxy) is 1. The second kappa shape index (κ2) is 8.44. The van der Waals surface area contributed by atoms with Crippen molar-refractivity contribution in [3.05, 3.63) is 63.1 Å². The summed E-state index contributed by atoms with van der Waals surface area (Å²) in [5, 5.41) is 21.3. The van der Waals surface area contributed by atoms with Gasteiger partial charge in [0, 0.05) is 11.6 Å². The van der Waals surface area contributed by atoms with Crippen molar-refractivity contribution in [1.29, 1.82) is 0 Å². The molecule has 6 nitrogen and oxygen atoms in total. The Labute approximate surface area is 189 Å². The Morgan fingerprint density at radius 1 is 1.06 bits per heavy atom. The molecule has 2 aromatic rings. The number of aliphatic hydroxyl groups is 1. The number of ketones is 1. The van der Waals surface area contributed by atoms with E-state index in [-0.39, 0.29) is 33.2 Å². The summed E-state index contributed by atoms with van der Waals surface area (Å²) >= 11 is 12.3. The number of aromatic hydroxyl groups is 1. The van der Waals surface area contributed by atoms with E-state index >= 15 is 0 Å². The van der Waals surface area contributed by atoms with Crippen LogP contribution in [0.3, 0.4) is 0 Å². The number of nitrogens with zero attached hydrogens (tertiary/aromatic N) is 1. The van der Waals surface area contributed by atoms with Gasteiger partial charge in [0.25, 0.3) is 11.7 Å². The third kappa shape index (κ3) is 3.75. The van der Waals surface area contributed by atoms with E-state index in [1.807, 2.05) is 0 Å². The van der Waals surface area contributed by atoms with Crippen LogP contribution in [-0.4, -0.2) is 40.0 Å². The molecule has 2 fully saturated rings. The van der Waals surface area contributed by atoms with Crippen LogP contribution in [0.4, 0.5) is 0 Å². The van der Waals surface area contributed by atoms with Crippen molar-refractivity contribution in [3.8, 4) is 11.5 Å². The zero-order valence-electron chi connectivity index (χ0n) is 16.8. The first kappa shape index (κ1) is 21.5. The molecular weight excluding hydrogens is 441 g/mol. The first-order chi connectivity index (χ1) is 14.8. The number of Topliss-reactive ketones (excluding diaryl/α,β-unsaturated/α-hetero) is 1. The predicted molar refractivity (Wildman–Crippen MR) is 118 cm³/mol. The number of phenolic OH excluding ortho intramolecular Hbond substituents is 1. The molecule has 2 aromatic carbocycles. The van der Waals surface area contributed by atoms with Gasteiger partial charge in [-0.2, -0.15) is 0 Å². The number of methoxy groups -OCH3 is 1. The summed E-state index contributed by atoms with van der Waals surface area (Å²) in [6, 6.07) is 8.25. The highest BCUT2D eigenvalue weighted by Gasteiger charge is 2.49. The molecule has 1 amide bonds. The molecule has 1 saturated heterocycles. The summed E-state index contributed by atoms with van der Waals surface area (Å²) in [6.45, 7) is 0. The maximum Gasteiger partial charge on any atom is 0.295 e. The van der Waals surface area contributed by atoms with Crippen LogP contribution < -0.4 is 4.74 Å². The van der Waals surface area contributed by atoms with E-state index in [0.717, 1.165) is 25.7 Å². The minimum Gasteiger partial charge on any atom is -0.507 e. The fraction of sp³-hybridized carbons (Fsp3) is 0.304. The van der Waals surface area contributed by atoms with Gasteiger partial charge >= 0.3 is 0 Å². The lowest BCUT2D eigenvalue weighted by Gasteiger charge is -2.31. The summed E-state index contributed by atoms with van der Waals surface area (Å²) in [5.74, 6) is -1.41. The van der Waals surface area contributed by atoms with Crippen LogP contribution in [-0.2, 0) is 9.59 Å². The molecule has 2 aliphatic rings. The first-order valence-corrected chi connectivity index (χ1v) is 10.7. The van der Waals surface area contributed by atoms with E-state index < -0.39 is 17.7 Å². The number of hydrogen-bond acceptors (Lipinski definition) is 5.